The molecule has 3 aromatic carbocycles. The standard InChI is InChI=1S/C23H22N2O2.C2H6/c1-16-12-20(27-15-17-6-3-2-4-7-17)10-11-21(16)24-13-18-8-5-9-19-14-25-23(26)22(18)19;1-2/h2-12,24H,13-15H2,1H3,(H,25,26);1-2H3. The van der Waals surface area contributed by atoms with E-state index in [1.165, 1.54) is 0 Å². The smallest absolute Gasteiger partial charge is 0.252 e. The third kappa shape index (κ3) is 4.96. The minimum atomic E-state index is 0.0174. The SMILES string of the molecule is CC.Cc1cc(OCc2ccccc2)ccc1NCc1cccc2c1C(=O)NC2. The Morgan fingerprint density at radius 1 is 1.00 bits per heavy atom. The number of benzene rings is 3. The van der Waals surface area contributed by atoms with E-state index in [9.17, 15) is 4.79 Å². The van der Waals surface area contributed by atoms with Crippen molar-refractivity contribution in [1.29, 1.82) is 0 Å². The average molecular weight is 389 g/mol. The second-order valence-electron chi connectivity index (χ2n) is 6.74. The predicted octanol–water partition coefficient (Wildman–Crippen LogP) is 5.46. The van der Waals surface area contributed by atoms with E-state index in [1.807, 2.05) is 68.4 Å². The number of aryl methyl sites for hydroxylation is 1. The van der Waals surface area contributed by atoms with Crippen LogP contribution in [-0.4, -0.2) is 5.91 Å². The molecule has 29 heavy (non-hydrogen) atoms. The van der Waals surface area contributed by atoms with Crippen LogP contribution in [0.4, 0.5) is 5.69 Å². The van der Waals surface area contributed by atoms with Crippen molar-refractivity contribution in [1.82, 2.24) is 5.32 Å². The molecule has 1 amide bonds. The first-order chi connectivity index (χ1) is 14.2. The van der Waals surface area contributed by atoms with Gasteiger partial charge in [-0.25, -0.2) is 0 Å². The zero-order chi connectivity index (χ0) is 20.6. The van der Waals surface area contributed by atoms with Crippen LogP contribution in [0.5, 0.6) is 5.75 Å². The summed E-state index contributed by atoms with van der Waals surface area (Å²) >= 11 is 0. The monoisotopic (exact) mass is 388 g/mol. The van der Waals surface area contributed by atoms with E-state index in [0.717, 1.165) is 39.3 Å². The zero-order valence-corrected chi connectivity index (χ0v) is 17.3. The number of nitrogens with one attached hydrogen (secondary N) is 2. The minimum Gasteiger partial charge on any atom is -0.489 e. The number of hydrogen-bond acceptors (Lipinski definition) is 3. The summed E-state index contributed by atoms with van der Waals surface area (Å²) in [6.07, 6.45) is 0. The van der Waals surface area contributed by atoms with Crippen molar-refractivity contribution in [3.63, 3.8) is 0 Å². The van der Waals surface area contributed by atoms with Gasteiger partial charge in [0.25, 0.3) is 5.91 Å². The maximum absolute atomic E-state index is 12.0. The van der Waals surface area contributed by atoms with E-state index < -0.39 is 0 Å². The zero-order valence-electron chi connectivity index (χ0n) is 17.3. The molecule has 0 aliphatic carbocycles. The van der Waals surface area contributed by atoms with Gasteiger partial charge in [0, 0.05) is 24.3 Å². The largest absolute Gasteiger partial charge is 0.489 e. The molecule has 0 atom stereocenters. The Labute approximate surface area is 172 Å². The Kier molecular flexibility index (Phi) is 6.90. The molecule has 4 rings (SSSR count). The quantitative estimate of drug-likeness (QED) is 0.590. The van der Waals surface area contributed by atoms with Gasteiger partial charge in [0.15, 0.2) is 0 Å². The number of rotatable bonds is 6. The highest BCUT2D eigenvalue weighted by Crippen LogP contribution is 2.25. The van der Waals surface area contributed by atoms with Crippen molar-refractivity contribution < 1.29 is 9.53 Å². The summed E-state index contributed by atoms with van der Waals surface area (Å²) in [5.41, 5.74) is 6.20. The molecule has 3 aromatic rings. The first kappa shape index (κ1) is 20.5. The van der Waals surface area contributed by atoms with Crippen molar-refractivity contribution >= 4 is 11.6 Å². The normalized spacial score (nSPS) is 11.8. The van der Waals surface area contributed by atoms with E-state index in [2.05, 4.69) is 29.7 Å². The highest BCUT2D eigenvalue weighted by atomic mass is 16.5. The molecule has 0 bridgehead atoms. The second kappa shape index (κ2) is 9.78. The molecule has 2 N–H and O–H groups in total. The predicted molar refractivity (Wildman–Crippen MR) is 118 cm³/mol. The topological polar surface area (TPSA) is 50.4 Å². The number of amides is 1. The molecule has 0 spiro atoms. The summed E-state index contributed by atoms with van der Waals surface area (Å²) in [5, 5.41) is 6.33. The molecule has 0 saturated carbocycles. The Morgan fingerprint density at radius 3 is 2.55 bits per heavy atom. The summed E-state index contributed by atoms with van der Waals surface area (Å²) in [6, 6.07) is 22.2. The Bertz CT molecular complexity index is 968. The third-order valence-electron chi connectivity index (χ3n) is 4.82. The Morgan fingerprint density at radius 2 is 1.79 bits per heavy atom. The molecule has 0 aromatic heterocycles. The van der Waals surface area contributed by atoms with Gasteiger partial charge in [-0.2, -0.15) is 0 Å². The molecule has 150 valence electrons. The lowest BCUT2D eigenvalue weighted by Crippen LogP contribution is -2.14. The van der Waals surface area contributed by atoms with E-state index in [-0.39, 0.29) is 5.91 Å². The number of hydrogen-bond donors (Lipinski definition) is 2. The molecule has 0 saturated heterocycles. The van der Waals surface area contributed by atoms with Crippen LogP contribution in [-0.2, 0) is 19.7 Å². The van der Waals surface area contributed by atoms with Crippen LogP contribution < -0.4 is 15.4 Å². The number of carbonyl (C=O) groups is 1. The molecule has 4 nitrogen and oxygen atoms in total. The van der Waals surface area contributed by atoms with Gasteiger partial charge in [-0.15, -0.1) is 0 Å². The first-order valence-corrected chi connectivity index (χ1v) is 10.1. The van der Waals surface area contributed by atoms with Crippen molar-refractivity contribution in [2.45, 2.75) is 40.5 Å². The lowest BCUT2D eigenvalue weighted by Gasteiger charge is -2.13. The second-order valence-corrected chi connectivity index (χ2v) is 6.74. The van der Waals surface area contributed by atoms with Gasteiger partial charge in [0.05, 0.1) is 0 Å². The minimum absolute atomic E-state index is 0.0174. The highest BCUT2D eigenvalue weighted by Gasteiger charge is 2.21. The Balaban J connectivity index is 0.00000117. The van der Waals surface area contributed by atoms with E-state index in [0.29, 0.717) is 19.7 Å². The molecule has 1 heterocycles. The Hall–Kier alpha value is -3.27. The molecular formula is C25H28N2O2. The maximum Gasteiger partial charge on any atom is 0.252 e. The fourth-order valence-electron chi connectivity index (χ4n) is 3.36. The van der Waals surface area contributed by atoms with Crippen LogP contribution in [0.3, 0.4) is 0 Å². The number of fused-ring (bicyclic) bond motifs is 1. The van der Waals surface area contributed by atoms with Gasteiger partial charge in [0.1, 0.15) is 12.4 Å². The molecule has 1 aliphatic rings. The van der Waals surface area contributed by atoms with E-state index in [4.69, 9.17) is 4.74 Å². The van der Waals surface area contributed by atoms with Gasteiger partial charge >= 0.3 is 0 Å². The maximum atomic E-state index is 12.0. The summed E-state index contributed by atoms with van der Waals surface area (Å²) in [4.78, 5) is 12.0. The number of ether oxygens (including phenoxy) is 1. The van der Waals surface area contributed by atoms with Crippen molar-refractivity contribution in [3.8, 4) is 5.75 Å². The summed E-state index contributed by atoms with van der Waals surface area (Å²) in [6.45, 7) is 7.84. The van der Waals surface area contributed by atoms with Gasteiger partial charge in [0.2, 0.25) is 0 Å². The van der Waals surface area contributed by atoms with Crippen molar-refractivity contribution in [2.24, 2.45) is 0 Å². The van der Waals surface area contributed by atoms with Crippen LogP contribution in [0.2, 0.25) is 0 Å². The van der Waals surface area contributed by atoms with E-state index >= 15 is 0 Å². The number of carbonyl (C=O) groups excluding carboxylic acids is 1. The van der Waals surface area contributed by atoms with Crippen LogP contribution in [0.15, 0.2) is 66.7 Å². The highest BCUT2D eigenvalue weighted by molar-refractivity contribution is 5.99. The number of anilines is 1. The fourth-order valence-corrected chi connectivity index (χ4v) is 3.36. The average Bonchev–Trinajstić information content (AvgIpc) is 3.15. The molecule has 4 heteroatoms. The molecule has 0 fully saturated rings. The van der Waals surface area contributed by atoms with Crippen LogP contribution in [0, 0.1) is 6.92 Å². The van der Waals surface area contributed by atoms with Crippen LogP contribution >= 0.6 is 0 Å². The first-order valence-electron chi connectivity index (χ1n) is 10.1. The van der Waals surface area contributed by atoms with Crippen molar-refractivity contribution in [2.75, 3.05) is 5.32 Å². The third-order valence-corrected chi connectivity index (χ3v) is 4.82. The van der Waals surface area contributed by atoms with Gasteiger partial charge in [-0.05, 0) is 47.4 Å². The van der Waals surface area contributed by atoms with Gasteiger partial charge < -0.3 is 15.4 Å². The lowest BCUT2D eigenvalue weighted by atomic mass is 10.0. The van der Waals surface area contributed by atoms with Crippen LogP contribution in [0.1, 0.15) is 46.5 Å². The summed E-state index contributed by atoms with van der Waals surface area (Å²) in [5.74, 6) is 0.866. The molecular weight excluding hydrogens is 360 g/mol. The van der Waals surface area contributed by atoms with Gasteiger partial charge in [-0.3, -0.25) is 4.79 Å². The lowest BCUT2D eigenvalue weighted by molar-refractivity contribution is 0.0965. The summed E-state index contributed by atoms with van der Waals surface area (Å²) in [7, 11) is 0. The molecule has 1 aliphatic heterocycles. The fraction of sp³-hybridized carbons (Fsp3) is 0.240. The molecule has 0 radical (unpaired) electrons. The van der Waals surface area contributed by atoms with E-state index in [1.54, 1.807) is 0 Å². The van der Waals surface area contributed by atoms with Gasteiger partial charge in [-0.1, -0.05) is 62.4 Å². The van der Waals surface area contributed by atoms with Crippen LogP contribution in [0.25, 0.3) is 0 Å². The molecule has 0 unspecified atom stereocenters. The summed E-state index contributed by atoms with van der Waals surface area (Å²) < 4.78 is 5.88. The van der Waals surface area contributed by atoms with Crippen molar-refractivity contribution in [3.05, 3.63) is 94.5 Å².